The van der Waals surface area contributed by atoms with Gasteiger partial charge in [-0.05, 0) is 0 Å². The molecule has 0 amide bonds. The van der Waals surface area contributed by atoms with Crippen molar-refractivity contribution in [3.63, 3.8) is 0 Å². The Bertz CT molecular complexity index is 7.61. The van der Waals surface area contributed by atoms with Crippen LogP contribution in [0.15, 0.2) is 0 Å². The largest absolute Gasteiger partial charge is 2.00 e. The molecule has 0 aliphatic carbocycles. The third kappa shape index (κ3) is 32.9. The van der Waals surface area contributed by atoms with Crippen LogP contribution in [-0.2, 0) is 0 Å². The van der Waals surface area contributed by atoms with Crippen molar-refractivity contribution in [2.24, 2.45) is 0 Å². The van der Waals surface area contributed by atoms with Gasteiger partial charge in [0.25, 0.3) is 0 Å². The van der Waals surface area contributed by atoms with E-state index in [1.54, 1.807) is 0 Å². The molecule has 5 heteroatoms. The molecule has 0 aromatic carbocycles. The van der Waals surface area contributed by atoms with Gasteiger partial charge < -0.3 is 19.7 Å². The van der Waals surface area contributed by atoms with E-state index in [2.05, 4.69) is 0 Å². The molecule has 0 spiro atoms. The van der Waals surface area contributed by atoms with Crippen LogP contribution < -0.4 is 10.6 Å². The van der Waals surface area contributed by atoms with Gasteiger partial charge in [0.15, 0.2) is 0 Å². The van der Waals surface area contributed by atoms with Crippen LogP contribution in [0.4, 0.5) is 9.05 Å². The van der Waals surface area contributed by atoms with Crippen molar-refractivity contribution in [3.8, 4) is 0 Å². The van der Waals surface area contributed by atoms with E-state index in [1.165, 1.54) is 0 Å². The van der Waals surface area contributed by atoms with Crippen LogP contribution in [0.5, 0.6) is 0 Å². The molecule has 0 aromatic rings. The Kier molecular flexibility index (Phi) is 180. The summed E-state index contributed by atoms with van der Waals surface area (Å²) in [5, 5.41) is 13.5. The molecule has 0 saturated heterocycles. The maximum atomic E-state index is 8.25. The summed E-state index contributed by atoms with van der Waals surface area (Å²) in [6.45, 7) is 0. The van der Waals surface area contributed by atoms with Gasteiger partial charge in [0.2, 0.25) is 0 Å². The fourth-order valence-corrected chi connectivity index (χ4v) is 0. The predicted octanol–water partition coefficient (Wildman–Crippen LogP) is -1.92. The Balaban J connectivity index is -0.0000000133. The van der Waals surface area contributed by atoms with Crippen LogP contribution in [-0.4, -0.2) is 48.9 Å². The van der Waals surface area contributed by atoms with Crippen molar-refractivity contribution < 1.29 is 19.7 Å². The zero-order chi connectivity index (χ0) is 4.00. The molecule has 0 radical (unpaired) electrons. The monoisotopic (exact) mass is 208 g/mol. The van der Waals surface area contributed by atoms with E-state index in [0.29, 0.717) is 0 Å². The summed E-state index contributed by atoms with van der Waals surface area (Å²) >= 11 is 0. The van der Waals surface area contributed by atoms with Crippen LogP contribution in [0.1, 0.15) is 0 Å². The molecule has 0 atom stereocenters. The second kappa shape index (κ2) is 55.5. The second-order valence-corrected chi connectivity index (χ2v) is 0. The number of hydrogen-bond donors (Lipinski definition) is 0. The van der Waals surface area contributed by atoms with E-state index >= 15 is 0 Å². The Morgan fingerprint density at radius 1 is 0.800 bits per heavy atom. The van der Waals surface area contributed by atoms with Crippen LogP contribution in [0.3, 0.4) is 0 Å². The van der Waals surface area contributed by atoms with Gasteiger partial charge in [0, 0.05) is 0 Å². The Morgan fingerprint density at radius 3 is 0.800 bits per heavy atom. The maximum Gasteiger partial charge on any atom is 2.00 e. The van der Waals surface area contributed by atoms with Gasteiger partial charge in [-0.1, -0.05) is 0 Å². The SMILES string of the molecule is [Ba+2].[O-]F.[O-]F. The van der Waals surface area contributed by atoms with E-state index in [-0.39, 0.29) is 48.9 Å². The predicted molar refractivity (Wildman–Crippen MR) is 7.97 cm³/mol. The summed E-state index contributed by atoms with van der Waals surface area (Å²) < 4.78 is 16.5. The van der Waals surface area contributed by atoms with Crippen molar-refractivity contribution in [2.75, 3.05) is 0 Å². The molecule has 0 aromatic heterocycles. The Hall–Kier alpha value is 1.35. The summed E-state index contributed by atoms with van der Waals surface area (Å²) in [6, 6.07) is 0. The summed E-state index contributed by atoms with van der Waals surface area (Å²) in [4.78, 5) is 0. The van der Waals surface area contributed by atoms with Crippen LogP contribution in [0.25, 0.3) is 0 Å². The van der Waals surface area contributed by atoms with Gasteiger partial charge in [-0.15, -0.1) is 0 Å². The van der Waals surface area contributed by atoms with Crippen molar-refractivity contribution in [1.82, 2.24) is 0 Å². The van der Waals surface area contributed by atoms with Crippen molar-refractivity contribution in [3.05, 3.63) is 0 Å². The molecule has 28 valence electrons. The average molecular weight is 207 g/mol. The molecule has 5 heavy (non-hydrogen) atoms. The molecule has 0 unspecified atom stereocenters. The second-order valence-electron chi connectivity index (χ2n) is 0. The first-order valence-corrected chi connectivity index (χ1v) is 0.309. The molecule has 0 aliphatic rings. The summed E-state index contributed by atoms with van der Waals surface area (Å²) in [5.41, 5.74) is 0. The summed E-state index contributed by atoms with van der Waals surface area (Å²) in [7, 11) is 0. The first kappa shape index (κ1) is 16.2. The Labute approximate surface area is 67.7 Å². The molecule has 0 rings (SSSR count). The van der Waals surface area contributed by atoms with E-state index in [0.717, 1.165) is 0 Å². The zero-order valence-corrected chi connectivity index (χ0v) is 6.72. The van der Waals surface area contributed by atoms with E-state index < -0.39 is 0 Å². The third-order valence-electron chi connectivity index (χ3n) is 0. The molecule has 0 saturated carbocycles. The normalized spacial score (nSPS) is 2.40. The van der Waals surface area contributed by atoms with Gasteiger partial charge in [-0.25, -0.2) is 0 Å². The van der Waals surface area contributed by atoms with Gasteiger partial charge >= 0.3 is 48.9 Å². The van der Waals surface area contributed by atoms with Crippen molar-refractivity contribution >= 4 is 48.9 Å². The first-order valence-electron chi connectivity index (χ1n) is 0.309. The van der Waals surface area contributed by atoms with E-state index in [4.69, 9.17) is 19.7 Å². The Morgan fingerprint density at radius 2 is 0.800 bits per heavy atom. The molecule has 0 N–H and O–H groups in total. The van der Waals surface area contributed by atoms with Crippen LogP contribution >= 0.6 is 0 Å². The fourth-order valence-electron chi connectivity index (χ4n) is 0. The molecule has 0 bridgehead atoms. The van der Waals surface area contributed by atoms with Crippen molar-refractivity contribution in [2.45, 2.75) is 0 Å². The minimum Gasteiger partial charge on any atom is -0.682 e. The number of hydrogen-bond acceptors (Lipinski definition) is 2. The average Bonchev–Trinajstić information content (AvgIpc) is 1.50. The van der Waals surface area contributed by atoms with Crippen LogP contribution in [0, 0.1) is 0 Å². The summed E-state index contributed by atoms with van der Waals surface area (Å²) in [5.74, 6) is 0. The van der Waals surface area contributed by atoms with E-state index in [1.807, 2.05) is 0 Å². The minimum absolute atomic E-state index is 0. The number of rotatable bonds is 0. The molecule has 0 aliphatic heterocycles. The fraction of sp³-hybridized carbons (Fsp3) is 0. The van der Waals surface area contributed by atoms with Gasteiger partial charge in [-0.3, -0.25) is 0 Å². The first-order chi connectivity index (χ1) is 2.00. The topological polar surface area (TPSA) is 46.1 Å². The molecule has 0 fully saturated rings. The van der Waals surface area contributed by atoms with Crippen LogP contribution in [0.2, 0.25) is 0 Å². The smallest absolute Gasteiger partial charge is 0.682 e. The standard InChI is InChI=1S/Ba.2FO/c;2*1-2/q+2;2*-1. The molecule has 0 heterocycles. The zero-order valence-electron chi connectivity index (χ0n) is 2.28. The third-order valence-corrected chi connectivity index (χ3v) is 0. The summed E-state index contributed by atoms with van der Waals surface area (Å²) in [6.07, 6.45) is 0. The van der Waals surface area contributed by atoms with Gasteiger partial charge in [0.05, 0.1) is 0 Å². The molecular formula is BaF2O2. The quantitative estimate of drug-likeness (QED) is 0.435. The maximum absolute atomic E-state index is 8.25. The minimum atomic E-state index is 0. The molecular weight excluding hydrogens is 207 g/mol. The van der Waals surface area contributed by atoms with Crippen molar-refractivity contribution in [1.29, 1.82) is 0 Å². The van der Waals surface area contributed by atoms with E-state index in [9.17, 15) is 0 Å². The molecule has 2 nitrogen and oxygen atoms in total. The number of halogens is 2. The van der Waals surface area contributed by atoms with Gasteiger partial charge in [0.1, 0.15) is 0 Å². The van der Waals surface area contributed by atoms with Gasteiger partial charge in [-0.2, -0.15) is 0 Å².